The van der Waals surface area contributed by atoms with Crippen LogP contribution < -0.4 is 0 Å². The third-order valence-corrected chi connectivity index (χ3v) is 3.51. The molecule has 1 N–H and O–H groups in total. The molecule has 0 atom stereocenters. The SMILES string of the molecule is CCOC(=N)C1(c2ccccc2)CCCC1. The van der Waals surface area contributed by atoms with Crippen LogP contribution in [0.2, 0.25) is 0 Å². The zero-order chi connectivity index (χ0) is 11.4. The Morgan fingerprint density at radius 3 is 2.44 bits per heavy atom. The van der Waals surface area contributed by atoms with Gasteiger partial charge in [-0.05, 0) is 25.3 Å². The molecule has 1 aromatic carbocycles. The van der Waals surface area contributed by atoms with Gasteiger partial charge in [0.25, 0.3) is 0 Å². The van der Waals surface area contributed by atoms with Crippen molar-refractivity contribution in [2.45, 2.75) is 38.0 Å². The summed E-state index contributed by atoms with van der Waals surface area (Å²) in [6, 6.07) is 10.4. The van der Waals surface area contributed by atoms with Crippen LogP contribution in [-0.2, 0) is 10.2 Å². The third-order valence-electron chi connectivity index (χ3n) is 3.51. The van der Waals surface area contributed by atoms with Crippen LogP contribution in [0.4, 0.5) is 0 Å². The van der Waals surface area contributed by atoms with Crippen molar-refractivity contribution < 1.29 is 4.74 Å². The van der Waals surface area contributed by atoms with Gasteiger partial charge in [-0.15, -0.1) is 0 Å². The van der Waals surface area contributed by atoms with E-state index in [0.717, 1.165) is 12.8 Å². The first-order chi connectivity index (χ1) is 7.79. The molecule has 0 bridgehead atoms. The molecule has 0 radical (unpaired) electrons. The maximum absolute atomic E-state index is 8.15. The molecule has 2 nitrogen and oxygen atoms in total. The van der Waals surface area contributed by atoms with Gasteiger partial charge in [0.15, 0.2) is 5.90 Å². The number of hydrogen-bond donors (Lipinski definition) is 1. The van der Waals surface area contributed by atoms with Gasteiger partial charge in [-0.3, -0.25) is 5.41 Å². The molecule has 0 unspecified atom stereocenters. The van der Waals surface area contributed by atoms with Crippen molar-refractivity contribution in [2.24, 2.45) is 0 Å². The normalized spacial score (nSPS) is 18.3. The molecule has 2 heteroatoms. The molecule has 0 saturated heterocycles. The molecule has 1 saturated carbocycles. The topological polar surface area (TPSA) is 33.1 Å². The van der Waals surface area contributed by atoms with E-state index in [4.69, 9.17) is 10.1 Å². The summed E-state index contributed by atoms with van der Waals surface area (Å²) in [5, 5.41) is 8.15. The van der Waals surface area contributed by atoms with Gasteiger partial charge >= 0.3 is 0 Å². The van der Waals surface area contributed by atoms with E-state index < -0.39 is 0 Å². The molecule has 0 aliphatic heterocycles. The van der Waals surface area contributed by atoms with Gasteiger partial charge in [0.2, 0.25) is 0 Å². The standard InChI is InChI=1S/C14H19NO/c1-2-16-13(15)14(10-6-7-11-14)12-8-4-3-5-9-12/h3-5,8-9,15H,2,6-7,10-11H2,1H3. The molecule has 1 aromatic rings. The van der Waals surface area contributed by atoms with Crippen LogP contribution in [0.25, 0.3) is 0 Å². The fourth-order valence-corrected chi connectivity index (χ4v) is 2.67. The Kier molecular flexibility index (Phi) is 3.28. The summed E-state index contributed by atoms with van der Waals surface area (Å²) >= 11 is 0. The Hall–Kier alpha value is -1.31. The van der Waals surface area contributed by atoms with Crippen LogP contribution in [0.5, 0.6) is 0 Å². The first kappa shape index (κ1) is 11.2. The van der Waals surface area contributed by atoms with Gasteiger partial charge in [0, 0.05) is 0 Å². The highest BCUT2D eigenvalue weighted by Gasteiger charge is 2.41. The van der Waals surface area contributed by atoms with Crippen LogP contribution in [0.3, 0.4) is 0 Å². The Morgan fingerprint density at radius 1 is 1.25 bits per heavy atom. The van der Waals surface area contributed by atoms with Gasteiger partial charge in [0.1, 0.15) is 0 Å². The first-order valence-corrected chi connectivity index (χ1v) is 6.07. The third kappa shape index (κ3) is 1.84. The Bertz CT molecular complexity index is 352. The molecule has 2 rings (SSSR count). The highest BCUT2D eigenvalue weighted by molar-refractivity contribution is 5.86. The Labute approximate surface area is 97.1 Å². The van der Waals surface area contributed by atoms with E-state index in [1.165, 1.54) is 18.4 Å². The molecule has 1 aliphatic carbocycles. The zero-order valence-electron chi connectivity index (χ0n) is 9.83. The average molecular weight is 217 g/mol. The molecule has 0 amide bonds. The van der Waals surface area contributed by atoms with Crippen molar-refractivity contribution in [3.05, 3.63) is 35.9 Å². The summed E-state index contributed by atoms with van der Waals surface area (Å²) in [5.41, 5.74) is 1.10. The van der Waals surface area contributed by atoms with Gasteiger partial charge in [-0.1, -0.05) is 43.2 Å². The second kappa shape index (κ2) is 4.69. The van der Waals surface area contributed by atoms with Crippen LogP contribution in [0.15, 0.2) is 30.3 Å². The maximum atomic E-state index is 8.15. The summed E-state index contributed by atoms with van der Waals surface area (Å²) in [6.07, 6.45) is 4.50. The van der Waals surface area contributed by atoms with E-state index in [9.17, 15) is 0 Å². The molecule has 1 aliphatic rings. The van der Waals surface area contributed by atoms with E-state index in [1.54, 1.807) is 0 Å². The molecule has 0 spiro atoms. The van der Waals surface area contributed by atoms with E-state index >= 15 is 0 Å². The number of hydrogen-bond acceptors (Lipinski definition) is 2. The summed E-state index contributed by atoms with van der Waals surface area (Å²) in [4.78, 5) is 0. The molecule has 0 heterocycles. The van der Waals surface area contributed by atoms with E-state index in [1.807, 2.05) is 13.0 Å². The van der Waals surface area contributed by atoms with E-state index in [0.29, 0.717) is 12.5 Å². The van der Waals surface area contributed by atoms with Crippen molar-refractivity contribution in [3.8, 4) is 0 Å². The zero-order valence-corrected chi connectivity index (χ0v) is 9.83. The summed E-state index contributed by atoms with van der Waals surface area (Å²) in [7, 11) is 0. The van der Waals surface area contributed by atoms with Crippen molar-refractivity contribution in [1.29, 1.82) is 5.41 Å². The van der Waals surface area contributed by atoms with Crippen LogP contribution in [-0.4, -0.2) is 12.5 Å². The first-order valence-electron chi connectivity index (χ1n) is 6.07. The van der Waals surface area contributed by atoms with E-state index in [-0.39, 0.29) is 5.41 Å². The fraction of sp³-hybridized carbons (Fsp3) is 0.500. The number of nitrogens with one attached hydrogen (secondary N) is 1. The molecule has 1 fully saturated rings. The lowest BCUT2D eigenvalue weighted by Crippen LogP contribution is -2.34. The summed E-state index contributed by atoms with van der Waals surface area (Å²) in [6.45, 7) is 2.54. The molecule has 86 valence electrons. The average Bonchev–Trinajstić information content (AvgIpc) is 2.81. The highest BCUT2D eigenvalue weighted by atomic mass is 16.5. The van der Waals surface area contributed by atoms with Crippen LogP contribution in [0, 0.1) is 5.41 Å². The quantitative estimate of drug-likeness (QED) is 0.610. The maximum Gasteiger partial charge on any atom is 0.191 e. The number of rotatable bonds is 3. The monoisotopic (exact) mass is 217 g/mol. The Morgan fingerprint density at radius 2 is 1.88 bits per heavy atom. The van der Waals surface area contributed by atoms with Gasteiger partial charge in [0.05, 0.1) is 12.0 Å². The molecule has 16 heavy (non-hydrogen) atoms. The smallest absolute Gasteiger partial charge is 0.191 e. The van der Waals surface area contributed by atoms with Gasteiger partial charge in [-0.2, -0.15) is 0 Å². The minimum absolute atomic E-state index is 0.142. The largest absolute Gasteiger partial charge is 0.481 e. The molecular weight excluding hydrogens is 198 g/mol. The number of benzene rings is 1. The lowest BCUT2D eigenvalue weighted by atomic mass is 9.78. The van der Waals surface area contributed by atoms with Crippen molar-refractivity contribution >= 4 is 5.90 Å². The van der Waals surface area contributed by atoms with Crippen molar-refractivity contribution in [3.63, 3.8) is 0 Å². The fourth-order valence-electron chi connectivity index (χ4n) is 2.67. The lowest BCUT2D eigenvalue weighted by molar-refractivity contribution is 0.283. The molecule has 0 aromatic heterocycles. The van der Waals surface area contributed by atoms with Gasteiger partial charge in [-0.25, -0.2) is 0 Å². The second-order valence-electron chi connectivity index (χ2n) is 4.42. The predicted molar refractivity (Wildman–Crippen MR) is 65.9 cm³/mol. The summed E-state index contributed by atoms with van der Waals surface area (Å²) < 4.78 is 5.47. The predicted octanol–water partition coefficient (Wildman–Crippen LogP) is 3.51. The van der Waals surface area contributed by atoms with E-state index in [2.05, 4.69) is 24.3 Å². The Balaban J connectivity index is 2.32. The van der Waals surface area contributed by atoms with Gasteiger partial charge < -0.3 is 4.74 Å². The van der Waals surface area contributed by atoms with Crippen LogP contribution >= 0.6 is 0 Å². The van der Waals surface area contributed by atoms with Crippen LogP contribution in [0.1, 0.15) is 38.2 Å². The summed E-state index contributed by atoms with van der Waals surface area (Å²) in [5.74, 6) is 0.457. The van der Waals surface area contributed by atoms with Crippen molar-refractivity contribution in [2.75, 3.05) is 6.61 Å². The minimum atomic E-state index is -0.142. The lowest BCUT2D eigenvalue weighted by Gasteiger charge is -2.29. The van der Waals surface area contributed by atoms with Crippen molar-refractivity contribution in [1.82, 2.24) is 0 Å². The molecular formula is C14H19NO. The number of ether oxygens (including phenoxy) is 1. The second-order valence-corrected chi connectivity index (χ2v) is 4.42. The minimum Gasteiger partial charge on any atom is -0.481 e. The highest BCUT2D eigenvalue weighted by Crippen LogP contribution is 2.42.